The van der Waals surface area contributed by atoms with Crippen LogP contribution in [0.5, 0.6) is 5.75 Å². The molecule has 0 bridgehead atoms. The molecule has 2 aromatic rings. The van der Waals surface area contributed by atoms with Crippen LogP contribution in [0, 0.1) is 0 Å². The molecule has 0 aliphatic carbocycles. The first-order chi connectivity index (χ1) is 11.7. The lowest BCUT2D eigenvalue weighted by atomic mass is 10.1. The highest BCUT2D eigenvalue weighted by molar-refractivity contribution is 5.60. The van der Waals surface area contributed by atoms with Crippen LogP contribution in [0.4, 0.5) is 0 Å². The molecule has 0 radical (unpaired) electrons. The van der Waals surface area contributed by atoms with E-state index in [0.717, 1.165) is 42.0 Å². The van der Waals surface area contributed by atoms with Crippen LogP contribution in [0.1, 0.15) is 31.9 Å². The van der Waals surface area contributed by atoms with Crippen LogP contribution in [0.2, 0.25) is 0 Å². The van der Waals surface area contributed by atoms with Gasteiger partial charge in [-0.05, 0) is 68.7 Å². The average molecular weight is 324 g/mol. The Kier molecular flexibility index (Phi) is 7.18. The Morgan fingerprint density at radius 1 is 1.17 bits per heavy atom. The second kappa shape index (κ2) is 9.63. The monoisotopic (exact) mass is 324 g/mol. The molecule has 1 heterocycles. The van der Waals surface area contributed by atoms with Crippen molar-refractivity contribution in [1.82, 2.24) is 10.2 Å². The molecule has 1 N–H and O–H groups in total. The first kappa shape index (κ1) is 17.9. The van der Waals surface area contributed by atoms with E-state index < -0.39 is 0 Å². The second-order valence-corrected chi connectivity index (χ2v) is 5.65. The fraction of sp³-hybridized carbons (Fsp3) is 0.300. The first-order valence-electron chi connectivity index (χ1n) is 8.21. The maximum atomic E-state index is 9.21. The molecule has 2 rings (SSSR count). The number of hydrogen-bond acceptors (Lipinski definition) is 4. The quantitative estimate of drug-likeness (QED) is 0.553. The molecule has 0 amide bonds. The number of unbranched alkanes of at least 4 members (excludes halogenated alkanes) is 1. The summed E-state index contributed by atoms with van der Waals surface area (Å²) in [5.74, 6) is 0.809. The zero-order valence-corrected chi connectivity index (χ0v) is 14.1. The third-order valence-corrected chi connectivity index (χ3v) is 3.48. The summed E-state index contributed by atoms with van der Waals surface area (Å²) in [6.07, 6.45) is 8.24. The number of ether oxygens (including phenoxy) is 1. The molecular weight excluding hydrogens is 300 g/mol. The first-order valence-corrected chi connectivity index (χ1v) is 8.21. The van der Waals surface area contributed by atoms with E-state index in [-0.39, 0.29) is 6.10 Å². The third-order valence-electron chi connectivity index (χ3n) is 3.48. The molecular formula is C20H24N2O2. The number of benzene rings is 1. The summed E-state index contributed by atoms with van der Waals surface area (Å²) < 4.78 is 5.47. The molecule has 126 valence electrons. The molecule has 0 saturated carbocycles. The molecule has 4 nitrogen and oxygen atoms in total. The lowest BCUT2D eigenvalue weighted by molar-refractivity contribution is 0.182. The van der Waals surface area contributed by atoms with Crippen LogP contribution in [0.15, 0.2) is 55.1 Å². The highest BCUT2D eigenvalue weighted by Crippen LogP contribution is 2.20. The van der Waals surface area contributed by atoms with Gasteiger partial charge >= 0.3 is 0 Å². The molecule has 0 spiro atoms. The van der Waals surface area contributed by atoms with Crippen molar-refractivity contribution in [1.29, 1.82) is 0 Å². The van der Waals surface area contributed by atoms with Crippen LogP contribution < -0.4 is 4.74 Å². The van der Waals surface area contributed by atoms with Gasteiger partial charge in [0.15, 0.2) is 0 Å². The largest absolute Gasteiger partial charge is 0.490 e. The normalized spacial score (nSPS) is 12.2. The van der Waals surface area contributed by atoms with Crippen LogP contribution in [0.3, 0.4) is 0 Å². The van der Waals surface area contributed by atoms with Crippen molar-refractivity contribution in [2.45, 2.75) is 32.3 Å². The Balaban J connectivity index is 1.91. The van der Waals surface area contributed by atoms with Crippen molar-refractivity contribution in [3.05, 3.63) is 60.8 Å². The van der Waals surface area contributed by atoms with E-state index in [1.54, 1.807) is 6.08 Å². The number of aliphatic hydroxyl groups is 1. The summed E-state index contributed by atoms with van der Waals surface area (Å²) in [7, 11) is 0. The van der Waals surface area contributed by atoms with Crippen molar-refractivity contribution in [2.24, 2.45) is 0 Å². The summed E-state index contributed by atoms with van der Waals surface area (Å²) >= 11 is 0. The van der Waals surface area contributed by atoms with Gasteiger partial charge in [0, 0.05) is 5.56 Å². The van der Waals surface area contributed by atoms with Gasteiger partial charge < -0.3 is 9.84 Å². The summed E-state index contributed by atoms with van der Waals surface area (Å²) in [6, 6.07) is 11.7. The maximum absolute atomic E-state index is 9.21. The molecule has 0 aliphatic heterocycles. The standard InChI is InChI=1S/C20H24N2O2/c1-3-15-24-19-12-9-17(10-13-19)20-14-11-18(21-22-20)8-6-4-5-7-16(2)23/h3,6,8-14,16,23H,1,4-5,7,15H2,2H3. The van der Waals surface area contributed by atoms with Crippen molar-refractivity contribution in [2.75, 3.05) is 6.61 Å². The van der Waals surface area contributed by atoms with Gasteiger partial charge in [0.25, 0.3) is 0 Å². The smallest absolute Gasteiger partial charge is 0.119 e. The zero-order valence-electron chi connectivity index (χ0n) is 14.1. The topological polar surface area (TPSA) is 55.2 Å². The summed E-state index contributed by atoms with van der Waals surface area (Å²) in [5, 5.41) is 17.7. The molecule has 1 aromatic heterocycles. The Hall–Kier alpha value is -2.46. The third kappa shape index (κ3) is 5.97. The van der Waals surface area contributed by atoms with E-state index in [2.05, 4.69) is 22.9 Å². The predicted molar refractivity (Wildman–Crippen MR) is 97.7 cm³/mol. The minimum absolute atomic E-state index is 0.231. The average Bonchev–Trinajstić information content (AvgIpc) is 2.60. The van der Waals surface area contributed by atoms with Gasteiger partial charge in [0.1, 0.15) is 12.4 Å². The number of aromatic nitrogens is 2. The molecule has 0 saturated heterocycles. The Bertz CT molecular complexity index is 646. The number of allylic oxidation sites excluding steroid dienone is 1. The van der Waals surface area contributed by atoms with Crippen LogP contribution in [-0.2, 0) is 0 Å². The predicted octanol–water partition coefficient (Wildman–Crippen LogP) is 4.27. The molecule has 24 heavy (non-hydrogen) atoms. The van der Waals surface area contributed by atoms with Gasteiger partial charge in [-0.3, -0.25) is 0 Å². The van der Waals surface area contributed by atoms with Crippen molar-refractivity contribution in [3.8, 4) is 17.0 Å². The number of rotatable bonds is 9. The van der Waals surface area contributed by atoms with Crippen LogP contribution in [0.25, 0.3) is 17.3 Å². The highest BCUT2D eigenvalue weighted by Gasteiger charge is 2.01. The van der Waals surface area contributed by atoms with E-state index in [1.165, 1.54) is 0 Å². The Morgan fingerprint density at radius 3 is 2.58 bits per heavy atom. The molecule has 4 heteroatoms. The molecule has 1 aromatic carbocycles. The number of nitrogens with zero attached hydrogens (tertiary/aromatic N) is 2. The fourth-order valence-corrected chi connectivity index (χ4v) is 2.20. The van der Waals surface area contributed by atoms with Gasteiger partial charge in [-0.1, -0.05) is 18.7 Å². The molecule has 0 aliphatic rings. The van der Waals surface area contributed by atoms with E-state index in [9.17, 15) is 5.11 Å². The zero-order chi connectivity index (χ0) is 17.2. The highest BCUT2D eigenvalue weighted by atomic mass is 16.5. The van der Waals surface area contributed by atoms with Crippen molar-refractivity contribution in [3.63, 3.8) is 0 Å². The summed E-state index contributed by atoms with van der Waals surface area (Å²) in [4.78, 5) is 0. The lowest BCUT2D eigenvalue weighted by Crippen LogP contribution is -1.97. The van der Waals surface area contributed by atoms with Crippen molar-refractivity contribution < 1.29 is 9.84 Å². The summed E-state index contributed by atoms with van der Waals surface area (Å²) in [6.45, 7) is 5.94. The van der Waals surface area contributed by atoms with E-state index in [4.69, 9.17) is 4.74 Å². The van der Waals surface area contributed by atoms with Gasteiger partial charge in [0.2, 0.25) is 0 Å². The lowest BCUT2D eigenvalue weighted by Gasteiger charge is -2.04. The number of hydrogen-bond donors (Lipinski definition) is 1. The SMILES string of the molecule is C=CCOc1ccc(-c2ccc(C=CCCCC(C)O)nn2)cc1. The van der Waals surface area contributed by atoms with Crippen molar-refractivity contribution >= 4 is 6.08 Å². The molecule has 1 atom stereocenters. The summed E-state index contributed by atoms with van der Waals surface area (Å²) in [5.41, 5.74) is 2.67. The van der Waals surface area contributed by atoms with Crippen LogP contribution >= 0.6 is 0 Å². The molecule has 1 unspecified atom stereocenters. The Labute approximate surface area is 143 Å². The minimum Gasteiger partial charge on any atom is -0.490 e. The van der Waals surface area contributed by atoms with Gasteiger partial charge in [-0.2, -0.15) is 5.10 Å². The van der Waals surface area contributed by atoms with Gasteiger partial charge in [-0.25, -0.2) is 0 Å². The maximum Gasteiger partial charge on any atom is 0.119 e. The fourth-order valence-electron chi connectivity index (χ4n) is 2.20. The van der Waals surface area contributed by atoms with E-state index >= 15 is 0 Å². The van der Waals surface area contributed by atoms with Gasteiger partial charge in [0.05, 0.1) is 17.5 Å². The second-order valence-electron chi connectivity index (χ2n) is 5.65. The van der Waals surface area contributed by atoms with Crippen LogP contribution in [-0.4, -0.2) is 28.0 Å². The minimum atomic E-state index is -0.231. The molecule has 0 fully saturated rings. The number of aliphatic hydroxyl groups excluding tert-OH is 1. The van der Waals surface area contributed by atoms with E-state index in [0.29, 0.717) is 6.61 Å². The van der Waals surface area contributed by atoms with Gasteiger partial charge in [-0.15, -0.1) is 5.10 Å². The Morgan fingerprint density at radius 2 is 1.96 bits per heavy atom. The van der Waals surface area contributed by atoms with E-state index in [1.807, 2.05) is 49.4 Å².